The second kappa shape index (κ2) is 6.92. The van der Waals surface area contributed by atoms with Crippen LogP contribution in [0.25, 0.3) is 0 Å². The van der Waals surface area contributed by atoms with E-state index >= 15 is 0 Å². The molecule has 114 valence electrons. The number of carbonyl (C=O) groups is 2. The molecule has 21 heavy (non-hydrogen) atoms. The van der Waals surface area contributed by atoms with Crippen molar-refractivity contribution < 1.29 is 19.4 Å². The van der Waals surface area contributed by atoms with Crippen molar-refractivity contribution in [2.24, 2.45) is 0 Å². The summed E-state index contributed by atoms with van der Waals surface area (Å²) in [5, 5.41) is 11.5. The Morgan fingerprint density at radius 2 is 2.10 bits per heavy atom. The van der Waals surface area contributed by atoms with Gasteiger partial charge >= 0.3 is 5.97 Å². The van der Waals surface area contributed by atoms with Gasteiger partial charge in [0, 0.05) is 12.2 Å². The van der Waals surface area contributed by atoms with Crippen molar-refractivity contribution in [1.82, 2.24) is 9.88 Å². The van der Waals surface area contributed by atoms with Crippen LogP contribution in [0.2, 0.25) is 0 Å². The molecule has 1 aliphatic rings. The molecule has 0 saturated heterocycles. The first-order chi connectivity index (χ1) is 10.1. The van der Waals surface area contributed by atoms with Crippen LogP contribution in [0, 0.1) is 0 Å². The molecule has 0 bridgehead atoms. The molecule has 7 heteroatoms. The molecule has 0 aromatic carbocycles. The van der Waals surface area contributed by atoms with Gasteiger partial charge in [-0.05, 0) is 25.0 Å². The van der Waals surface area contributed by atoms with Gasteiger partial charge < -0.3 is 19.7 Å². The van der Waals surface area contributed by atoms with Gasteiger partial charge in [0.25, 0.3) is 11.5 Å². The van der Waals surface area contributed by atoms with Crippen LogP contribution in [-0.2, 0) is 16.1 Å². The number of aliphatic carboxylic acids is 1. The summed E-state index contributed by atoms with van der Waals surface area (Å²) < 4.78 is 6.21. The van der Waals surface area contributed by atoms with Crippen LogP contribution in [-0.4, -0.2) is 34.2 Å². The fourth-order valence-corrected chi connectivity index (χ4v) is 2.38. The highest BCUT2D eigenvalue weighted by Crippen LogP contribution is 2.17. The number of amides is 1. The number of ether oxygens (including phenoxy) is 1. The van der Waals surface area contributed by atoms with Crippen molar-refractivity contribution in [1.29, 1.82) is 0 Å². The third-order valence-corrected chi connectivity index (χ3v) is 3.37. The van der Waals surface area contributed by atoms with E-state index in [1.165, 1.54) is 18.3 Å². The Bertz CT molecular complexity index is 575. The molecule has 1 aromatic rings. The molecule has 0 aliphatic heterocycles. The molecule has 2 N–H and O–H groups in total. The second-order valence-corrected chi connectivity index (χ2v) is 5.04. The van der Waals surface area contributed by atoms with Crippen LogP contribution in [0.15, 0.2) is 23.1 Å². The number of nitrogens with one attached hydrogen (secondary N) is 1. The van der Waals surface area contributed by atoms with Crippen LogP contribution in [0.1, 0.15) is 25.7 Å². The first-order valence-corrected chi connectivity index (χ1v) is 6.89. The number of carboxylic acid groups (broad SMARTS) is 1. The van der Waals surface area contributed by atoms with Crippen LogP contribution >= 0.6 is 0 Å². The lowest BCUT2D eigenvalue weighted by molar-refractivity contribution is -0.137. The lowest BCUT2D eigenvalue weighted by Crippen LogP contribution is -2.36. The maximum absolute atomic E-state index is 11.9. The topological polar surface area (TPSA) is 97.6 Å². The first-order valence-electron chi connectivity index (χ1n) is 6.89. The third-order valence-electron chi connectivity index (χ3n) is 3.37. The molecule has 1 fully saturated rings. The zero-order chi connectivity index (χ0) is 15.2. The second-order valence-electron chi connectivity index (χ2n) is 5.04. The number of carboxylic acids is 1. The van der Waals surface area contributed by atoms with E-state index in [1.54, 1.807) is 0 Å². The van der Waals surface area contributed by atoms with Crippen molar-refractivity contribution in [2.75, 3.05) is 6.61 Å². The largest absolute Gasteiger partial charge is 0.480 e. The molecule has 1 aliphatic carbocycles. The molecule has 0 spiro atoms. The van der Waals surface area contributed by atoms with Crippen LogP contribution in [0.5, 0.6) is 5.75 Å². The monoisotopic (exact) mass is 294 g/mol. The van der Waals surface area contributed by atoms with Crippen molar-refractivity contribution in [3.05, 3.63) is 28.7 Å². The average molecular weight is 294 g/mol. The number of aromatic nitrogens is 1. The Morgan fingerprint density at radius 1 is 1.38 bits per heavy atom. The SMILES string of the molecule is O=C(O)Cn1cccc(OCC(=O)NC2CCCC2)c1=O. The highest BCUT2D eigenvalue weighted by Gasteiger charge is 2.17. The summed E-state index contributed by atoms with van der Waals surface area (Å²) in [6.07, 6.45) is 5.54. The fraction of sp³-hybridized carbons (Fsp3) is 0.500. The Balaban J connectivity index is 1.91. The molecule has 0 unspecified atom stereocenters. The molecule has 1 saturated carbocycles. The predicted octanol–water partition coefficient (Wildman–Crippen LogP) is 0.370. The highest BCUT2D eigenvalue weighted by atomic mass is 16.5. The van der Waals surface area contributed by atoms with Crippen molar-refractivity contribution >= 4 is 11.9 Å². The number of rotatable bonds is 6. The molecular formula is C14H18N2O5. The summed E-state index contributed by atoms with van der Waals surface area (Å²) in [6.45, 7) is -0.687. The lowest BCUT2D eigenvalue weighted by Gasteiger charge is -2.12. The van der Waals surface area contributed by atoms with E-state index < -0.39 is 18.1 Å². The molecule has 0 atom stereocenters. The Hall–Kier alpha value is -2.31. The van der Waals surface area contributed by atoms with E-state index in [1.807, 2.05) is 0 Å². The van der Waals surface area contributed by atoms with E-state index in [0.717, 1.165) is 30.3 Å². The van der Waals surface area contributed by atoms with Crippen molar-refractivity contribution in [3.63, 3.8) is 0 Å². The number of carbonyl (C=O) groups excluding carboxylic acids is 1. The summed E-state index contributed by atoms with van der Waals surface area (Å²) >= 11 is 0. The minimum absolute atomic E-state index is 0.0275. The molecular weight excluding hydrogens is 276 g/mol. The van der Waals surface area contributed by atoms with Gasteiger partial charge in [0.2, 0.25) is 0 Å². The number of pyridine rings is 1. The van der Waals surface area contributed by atoms with Crippen molar-refractivity contribution in [3.8, 4) is 5.75 Å². The van der Waals surface area contributed by atoms with Gasteiger partial charge in [-0.15, -0.1) is 0 Å². The van der Waals surface area contributed by atoms with E-state index in [9.17, 15) is 14.4 Å². The van der Waals surface area contributed by atoms with Gasteiger partial charge in [-0.1, -0.05) is 12.8 Å². The zero-order valence-electron chi connectivity index (χ0n) is 11.6. The predicted molar refractivity (Wildman–Crippen MR) is 74.2 cm³/mol. The average Bonchev–Trinajstić information content (AvgIpc) is 2.92. The van der Waals surface area contributed by atoms with Crippen molar-refractivity contribution in [2.45, 2.75) is 38.3 Å². The minimum atomic E-state index is -1.12. The number of nitrogens with zero attached hydrogens (tertiary/aromatic N) is 1. The number of hydrogen-bond donors (Lipinski definition) is 2. The summed E-state index contributed by atoms with van der Waals surface area (Å²) in [6, 6.07) is 3.12. The molecule has 2 rings (SSSR count). The Labute approximate surface area is 121 Å². The molecule has 1 aromatic heterocycles. The molecule has 1 amide bonds. The highest BCUT2D eigenvalue weighted by molar-refractivity contribution is 5.77. The number of hydrogen-bond acceptors (Lipinski definition) is 4. The zero-order valence-corrected chi connectivity index (χ0v) is 11.6. The van der Waals surface area contributed by atoms with Gasteiger partial charge in [0.05, 0.1) is 0 Å². The van der Waals surface area contributed by atoms with Gasteiger partial charge in [0.15, 0.2) is 12.4 Å². The van der Waals surface area contributed by atoms with E-state index in [4.69, 9.17) is 9.84 Å². The molecule has 0 radical (unpaired) electrons. The Morgan fingerprint density at radius 3 is 2.76 bits per heavy atom. The minimum Gasteiger partial charge on any atom is -0.480 e. The normalized spacial score (nSPS) is 14.9. The van der Waals surface area contributed by atoms with E-state index in [-0.39, 0.29) is 24.3 Å². The van der Waals surface area contributed by atoms with Gasteiger partial charge in [0.1, 0.15) is 6.54 Å². The molecule has 1 heterocycles. The van der Waals surface area contributed by atoms with Crippen LogP contribution < -0.4 is 15.6 Å². The summed E-state index contributed by atoms with van der Waals surface area (Å²) in [7, 11) is 0. The Kier molecular flexibility index (Phi) is 4.97. The molecule has 7 nitrogen and oxygen atoms in total. The van der Waals surface area contributed by atoms with Gasteiger partial charge in [-0.25, -0.2) is 0 Å². The summed E-state index contributed by atoms with van der Waals surface area (Å²) in [4.78, 5) is 34.2. The van der Waals surface area contributed by atoms with E-state index in [2.05, 4.69) is 5.32 Å². The van der Waals surface area contributed by atoms with Gasteiger partial charge in [-0.3, -0.25) is 14.4 Å². The van der Waals surface area contributed by atoms with Crippen LogP contribution in [0.4, 0.5) is 0 Å². The van der Waals surface area contributed by atoms with Gasteiger partial charge in [-0.2, -0.15) is 0 Å². The first kappa shape index (κ1) is 15.1. The smallest absolute Gasteiger partial charge is 0.323 e. The third kappa shape index (κ3) is 4.34. The maximum Gasteiger partial charge on any atom is 0.323 e. The maximum atomic E-state index is 11.9. The fourth-order valence-electron chi connectivity index (χ4n) is 2.38. The quantitative estimate of drug-likeness (QED) is 0.790. The standard InChI is InChI=1S/C14H18N2O5/c17-12(15-10-4-1-2-5-10)9-21-11-6-3-7-16(14(11)20)8-13(18)19/h3,6-7,10H,1-2,4-5,8-9H2,(H,15,17)(H,18,19). The summed E-state index contributed by atoms with van der Waals surface area (Å²) in [5.74, 6) is -1.41. The van der Waals surface area contributed by atoms with E-state index in [0.29, 0.717) is 0 Å². The van der Waals surface area contributed by atoms with Crippen LogP contribution in [0.3, 0.4) is 0 Å². The summed E-state index contributed by atoms with van der Waals surface area (Å²) in [5.41, 5.74) is -0.562. The lowest BCUT2D eigenvalue weighted by atomic mass is 10.2.